The van der Waals surface area contributed by atoms with Crippen LogP contribution >= 0.6 is 0 Å². The van der Waals surface area contributed by atoms with Crippen molar-refractivity contribution in [3.63, 3.8) is 0 Å². The molecule has 0 spiro atoms. The van der Waals surface area contributed by atoms with Gasteiger partial charge in [-0.1, -0.05) is 6.07 Å². The van der Waals surface area contributed by atoms with Crippen molar-refractivity contribution in [3.05, 3.63) is 42.0 Å². The molecular formula is C16H21N3O2. The Morgan fingerprint density at radius 2 is 1.90 bits per heavy atom. The van der Waals surface area contributed by atoms with Crippen molar-refractivity contribution in [2.45, 2.75) is 20.4 Å². The largest absolute Gasteiger partial charge is 0.494 e. The lowest BCUT2D eigenvalue weighted by atomic mass is 10.1. The number of anilines is 2. The zero-order valence-corrected chi connectivity index (χ0v) is 12.4. The average molecular weight is 287 g/mol. The third-order valence-electron chi connectivity index (χ3n) is 2.87. The maximum atomic E-state index is 5.76. The highest BCUT2D eigenvalue weighted by molar-refractivity contribution is 5.59. The molecule has 0 unspecified atom stereocenters. The lowest BCUT2D eigenvalue weighted by Crippen LogP contribution is -2.03. The van der Waals surface area contributed by atoms with Crippen LogP contribution in [0.5, 0.6) is 11.6 Å². The number of nitrogens with one attached hydrogen (secondary N) is 1. The van der Waals surface area contributed by atoms with Gasteiger partial charge in [0.2, 0.25) is 5.88 Å². The number of nitrogens with zero attached hydrogens (tertiary/aromatic N) is 1. The molecule has 0 amide bonds. The molecule has 5 nitrogen and oxygen atoms in total. The number of rotatable bonds is 7. The van der Waals surface area contributed by atoms with E-state index in [0.717, 1.165) is 22.8 Å². The van der Waals surface area contributed by atoms with Crippen LogP contribution in [0.4, 0.5) is 11.5 Å². The van der Waals surface area contributed by atoms with E-state index in [1.54, 1.807) is 0 Å². The number of pyridine rings is 1. The Balaban J connectivity index is 2.17. The first-order valence-electron chi connectivity index (χ1n) is 7.09. The molecule has 112 valence electrons. The summed E-state index contributed by atoms with van der Waals surface area (Å²) in [5.41, 5.74) is 7.64. The van der Waals surface area contributed by atoms with Gasteiger partial charge in [-0.05, 0) is 38.1 Å². The highest BCUT2D eigenvalue weighted by Crippen LogP contribution is 2.25. The van der Waals surface area contributed by atoms with Crippen LogP contribution in [-0.4, -0.2) is 18.2 Å². The summed E-state index contributed by atoms with van der Waals surface area (Å²) in [6.45, 7) is 5.53. The summed E-state index contributed by atoms with van der Waals surface area (Å²) in [6, 6.07) is 11.5. The van der Waals surface area contributed by atoms with E-state index in [1.807, 2.05) is 50.2 Å². The Morgan fingerprint density at radius 3 is 2.62 bits per heavy atom. The summed E-state index contributed by atoms with van der Waals surface area (Å²) >= 11 is 0. The Kier molecular flexibility index (Phi) is 5.40. The molecule has 3 N–H and O–H groups in total. The second-order valence-corrected chi connectivity index (χ2v) is 4.38. The molecule has 0 bridgehead atoms. The van der Waals surface area contributed by atoms with E-state index in [9.17, 15) is 0 Å². The van der Waals surface area contributed by atoms with Gasteiger partial charge in [0.05, 0.1) is 13.2 Å². The van der Waals surface area contributed by atoms with Crippen molar-refractivity contribution in [1.82, 2.24) is 4.98 Å². The van der Waals surface area contributed by atoms with E-state index in [4.69, 9.17) is 15.2 Å². The minimum Gasteiger partial charge on any atom is -0.494 e. The average Bonchev–Trinajstić information content (AvgIpc) is 2.50. The van der Waals surface area contributed by atoms with Crippen LogP contribution in [0.3, 0.4) is 0 Å². The molecule has 1 heterocycles. The lowest BCUT2D eigenvalue weighted by Gasteiger charge is -2.12. The summed E-state index contributed by atoms with van der Waals surface area (Å²) in [6.07, 6.45) is 0. The third-order valence-corrected chi connectivity index (χ3v) is 2.87. The number of aromatic nitrogens is 1. The fourth-order valence-corrected chi connectivity index (χ4v) is 1.97. The van der Waals surface area contributed by atoms with Crippen molar-refractivity contribution in [3.8, 4) is 11.6 Å². The molecule has 21 heavy (non-hydrogen) atoms. The molecule has 0 fully saturated rings. The van der Waals surface area contributed by atoms with Crippen LogP contribution in [0.1, 0.15) is 19.4 Å². The minimum atomic E-state index is 0.428. The third kappa shape index (κ3) is 4.10. The zero-order chi connectivity index (χ0) is 15.1. The van der Waals surface area contributed by atoms with Gasteiger partial charge in [-0.25, -0.2) is 0 Å². The van der Waals surface area contributed by atoms with E-state index < -0.39 is 0 Å². The fourth-order valence-electron chi connectivity index (χ4n) is 1.97. The summed E-state index contributed by atoms with van der Waals surface area (Å²) in [4.78, 5) is 4.38. The van der Waals surface area contributed by atoms with Crippen LogP contribution in [-0.2, 0) is 6.54 Å². The van der Waals surface area contributed by atoms with Gasteiger partial charge in [-0.15, -0.1) is 0 Å². The first kappa shape index (κ1) is 15.1. The van der Waals surface area contributed by atoms with Crippen LogP contribution in [0.2, 0.25) is 0 Å². The normalized spacial score (nSPS) is 10.2. The minimum absolute atomic E-state index is 0.428. The molecule has 0 aliphatic heterocycles. The van der Waals surface area contributed by atoms with Crippen molar-refractivity contribution in [2.24, 2.45) is 5.73 Å². The number of hydrogen-bond donors (Lipinski definition) is 2. The van der Waals surface area contributed by atoms with Crippen LogP contribution in [0, 0.1) is 0 Å². The van der Waals surface area contributed by atoms with E-state index in [0.29, 0.717) is 25.6 Å². The predicted molar refractivity (Wildman–Crippen MR) is 84.2 cm³/mol. The SMILES string of the molecule is CCOc1cccc(Nc2ccc(OCC)c(CN)c2)n1. The Hall–Kier alpha value is -2.27. The van der Waals surface area contributed by atoms with Gasteiger partial charge in [-0.3, -0.25) is 0 Å². The Morgan fingerprint density at radius 1 is 1.10 bits per heavy atom. The number of nitrogens with two attached hydrogens (primary N) is 1. The standard InChI is InChI=1S/C16H21N3O2/c1-3-20-14-9-8-13(10-12(14)11-17)18-15-6-5-7-16(19-15)21-4-2/h5-10H,3-4,11,17H2,1-2H3,(H,18,19). The molecule has 2 rings (SSSR count). The number of ether oxygens (including phenoxy) is 2. The Labute approximate surface area is 125 Å². The molecule has 1 aromatic carbocycles. The van der Waals surface area contributed by atoms with Crippen molar-refractivity contribution in [2.75, 3.05) is 18.5 Å². The fraction of sp³-hybridized carbons (Fsp3) is 0.312. The molecule has 5 heteroatoms. The number of hydrogen-bond acceptors (Lipinski definition) is 5. The van der Waals surface area contributed by atoms with Crippen LogP contribution in [0.15, 0.2) is 36.4 Å². The molecule has 0 atom stereocenters. The monoisotopic (exact) mass is 287 g/mol. The smallest absolute Gasteiger partial charge is 0.215 e. The van der Waals surface area contributed by atoms with Gasteiger partial charge in [0.1, 0.15) is 11.6 Å². The van der Waals surface area contributed by atoms with Gasteiger partial charge >= 0.3 is 0 Å². The molecule has 0 aliphatic carbocycles. The maximum absolute atomic E-state index is 5.76. The second kappa shape index (κ2) is 7.50. The first-order valence-corrected chi connectivity index (χ1v) is 7.09. The molecule has 2 aromatic rings. The highest BCUT2D eigenvalue weighted by Gasteiger charge is 2.05. The van der Waals surface area contributed by atoms with E-state index in [2.05, 4.69) is 10.3 Å². The van der Waals surface area contributed by atoms with E-state index in [-0.39, 0.29) is 0 Å². The summed E-state index contributed by atoms with van der Waals surface area (Å²) in [5.74, 6) is 2.15. The topological polar surface area (TPSA) is 69.4 Å². The molecule has 0 aliphatic rings. The second-order valence-electron chi connectivity index (χ2n) is 4.38. The van der Waals surface area contributed by atoms with Crippen LogP contribution in [0.25, 0.3) is 0 Å². The summed E-state index contributed by atoms with van der Waals surface area (Å²) in [7, 11) is 0. The summed E-state index contributed by atoms with van der Waals surface area (Å²) in [5, 5.41) is 3.24. The van der Waals surface area contributed by atoms with Crippen molar-refractivity contribution >= 4 is 11.5 Å². The highest BCUT2D eigenvalue weighted by atomic mass is 16.5. The van der Waals surface area contributed by atoms with Gasteiger partial charge in [0, 0.05) is 23.9 Å². The molecular weight excluding hydrogens is 266 g/mol. The van der Waals surface area contributed by atoms with Gasteiger partial charge in [0.25, 0.3) is 0 Å². The molecule has 1 aromatic heterocycles. The molecule has 0 radical (unpaired) electrons. The zero-order valence-electron chi connectivity index (χ0n) is 12.4. The summed E-state index contributed by atoms with van der Waals surface area (Å²) < 4.78 is 10.9. The van der Waals surface area contributed by atoms with Gasteiger partial charge in [-0.2, -0.15) is 4.98 Å². The molecule has 0 saturated carbocycles. The maximum Gasteiger partial charge on any atom is 0.215 e. The van der Waals surface area contributed by atoms with Crippen LogP contribution < -0.4 is 20.5 Å². The van der Waals surface area contributed by atoms with E-state index in [1.165, 1.54) is 0 Å². The van der Waals surface area contributed by atoms with E-state index >= 15 is 0 Å². The lowest BCUT2D eigenvalue weighted by molar-refractivity contribution is 0.327. The molecule has 0 saturated heterocycles. The quantitative estimate of drug-likeness (QED) is 0.819. The first-order chi connectivity index (χ1) is 10.3. The van der Waals surface area contributed by atoms with Gasteiger partial charge in [0.15, 0.2) is 0 Å². The van der Waals surface area contributed by atoms with Gasteiger partial charge < -0.3 is 20.5 Å². The number of benzene rings is 1. The Bertz CT molecular complexity index is 587. The predicted octanol–water partition coefficient (Wildman–Crippen LogP) is 3.08. The van der Waals surface area contributed by atoms with Crippen molar-refractivity contribution in [1.29, 1.82) is 0 Å². The van der Waals surface area contributed by atoms with Crippen molar-refractivity contribution < 1.29 is 9.47 Å².